The Kier molecular flexibility index (Phi) is 6.52. The Labute approximate surface area is 165 Å². The van der Waals surface area contributed by atoms with E-state index in [1.54, 1.807) is 18.2 Å². The number of aryl methyl sites for hydroxylation is 1. The van der Waals surface area contributed by atoms with Gasteiger partial charge in [-0.15, -0.1) is 0 Å². The minimum absolute atomic E-state index is 0.0381. The molecule has 0 saturated carbocycles. The predicted octanol–water partition coefficient (Wildman–Crippen LogP) is 3.13. The van der Waals surface area contributed by atoms with Crippen LogP contribution in [0, 0.1) is 0 Å². The topological polar surface area (TPSA) is 79.5 Å². The van der Waals surface area contributed by atoms with E-state index in [0.717, 1.165) is 25.1 Å². The second-order valence-corrected chi connectivity index (χ2v) is 9.10. The molecular formula is C18H25ClN4O3S. The summed E-state index contributed by atoms with van der Waals surface area (Å²) < 4.78 is 32.5. The molecule has 27 heavy (non-hydrogen) atoms. The lowest BCUT2D eigenvalue weighted by atomic mass is 10.2. The summed E-state index contributed by atoms with van der Waals surface area (Å²) in [7, 11) is -3.53. The average Bonchev–Trinajstić information content (AvgIpc) is 3.15. The van der Waals surface area contributed by atoms with Gasteiger partial charge in [-0.25, -0.2) is 8.42 Å². The van der Waals surface area contributed by atoms with Crippen LogP contribution in [0.25, 0.3) is 0 Å². The van der Waals surface area contributed by atoms with Crippen molar-refractivity contribution >= 4 is 21.6 Å². The minimum atomic E-state index is -3.53. The molecular weight excluding hydrogens is 388 g/mol. The Balaban J connectivity index is 1.62. The van der Waals surface area contributed by atoms with Crippen molar-refractivity contribution in [3.8, 4) is 0 Å². The number of benzene rings is 1. The number of nitrogens with zero attached hydrogens (tertiary/aromatic N) is 4. The summed E-state index contributed by atoms with van der Waals surface area (Å²) in [6.45, 7) is 6.17. The number of unbranched alkanes of at least 4 members (excludes halogenated alkanes) is 1. The highest BCUT2D eigenvalue weighted by atomic mass is 35.5. The number of hydrogen-bond acceptors (Lipinski definition) is 6. The van der Waals surface area contributed by atoms with Gasteiger partial charge in [-0.2, -0.15) is 9.29 Å². The maximum atomic E-state index is 12.8. The molecule has 1 aromatic carbocycles. The fourth-order valence-corrected chi connectivity index (χ4v) is 4.86. The molecule has 0 spiro atoms. The summed E-state index contributed by atoms with van der Waals surface area (Å²) in [4.78, 5) is 6.88. The quantitative estimate of drug-likeness (QED) is 0.695. The molecule has 7 nitrogen and oxygen atoms in total. The Morgan fingerprint density at radius 2 is 2.00 bits per heavy atom. The van der Waals surface area contributed by atoms with Crippen LogP contribution in [0.1, 0.15) is 44.4 Å². The molecule has 1 unspecified atom stereocenters. The first kappa shape index (κ1) is 20.3. The number of rotatable bonds is 7. The third-order valence-corrected chi connectivity index (χ3v) is 6.98. The van der Waals surface area contributed by atoms with E-state index in [2.05, 4.69) is 22.0 Å². The minimum Gasteiger partial charge on any atom is -0.338 e. The molecule has 9 heteroatoms. The van der Waals surface area contributed by atoms with Crippen molar-refractivity contribution in [3.05, 3.63) is 41.0 Å². The number of piperazine rings is 1. The summed E-state index contributed by atoms with van der Waals surface area (Å²) >= 11 is 5.94. The first-order chi connectivity index (χ1) is 12.9. The molecule has 1 atom stereocenters. The fraction of sp³-hybridized carbons (Fsp3) is 0.556. The molecule has 1 saturated heterocycles. The lowest BCUT2D eigenvalue weighted by Crippen LogP contribution is -2.49. The monoisotopic (exact) mass is 412 g/mol. The Bertz CT molecular complexity index is 863. The normalized spacial score (nSPS) is 17.9. The van der Waals surface area contributed by atoms with Crippen molar-refractivity contribution in [2.45, 2.75) is 44.0 Å². The Hall–Kier alpha value is -1.48. The van der Waals surface area contributed by atoms with Crippen molar-refractivity contribution in [1.29, 1.82) is 0 Å². The van der Waals surface area contributed by atoms with Crippen molar-refractivity contribution < 1.29 is 12.9 Å². The van der Waals surface area contributed by atoms with Gasteiger partial charge in [-0.05, 0) is 31.5 Å². The van der Waals surface area contributed by atoms with E-state index < -0.39 is 10.0 Å². The van der Waals surface area contributed by atoms with Gasteiger partial charge in [-0.1, -0.05) is 36.2 Å². The molecule has 3 rings (SSSR count). The number of sulfonamides is 1. The maximum Gasteiger partial charge on any atom is 0.243 e. The van der Waals surface area contributed by atoms with E-state index in [-0.39, 0.29) is 10.9 Å². The van der Waals surface area contributed by atoms with Gasteiger partial charge in [0.2, 0.25) is 15.9 Å². The zero-order valence-electron chi connectivity index (χ0n) is 15.6. The number of hydrogen-bond donors (Lipinski definition) is 0. The molecule has 148 valence electrons. The van der Waals surface area contributed by atoms with Crippen molar-refractivity contribution in [2.24, 2.45) is 0 Å². The molecule has 0 bridgehead atoms. The van der Waals surface area contributed by atoms with Gasteiger partial charge in [-0.3, -0.25) is 4.90 Å². The van der Waals surface area contributed by atoms with E-state index in [0.29, 0.717) is 37.1 Å². The van der Waals surface area contributed by atoms with Crippen LogP contribution in [0.3, 0.4) is 0 Å². The zero-order valence-corrected chi connectivity index (χ0v) is 17.2. The molecule has 0 N–H and O–H groups in total. The largest absolute Gasteiger partial charge is 0.338 e. The van der Waals surface area contributed by atoms with E-state index in [4.69, 9.17) is 16.1 Å². The van der Waals surface area contributed by atoms with E-state index >= 15 is 0 Å². The fourth-order valence-electron chi connectivity index (χ4n) is 3.14. The maximum absolute atomic E-state index is 12.8. The highest BCUT2D eigenvalue weighted by molar-refractivity contribution is 7.89. The molecule has 2 heterocycles. The van der Waals surface area contributed by atoms with Gasteiger partial charge < -0.3 is 4.52 Å². The van der Waals surface area contributed by atoms with Gasteiger partial charge in [0.1, 0.15) is 0 Å². The van der Waals surface area contributed by atoms with Gasteiger partial charge >= 0.3 is 0 Å². The third-order valence-electron chi connectivity index (χ3n) is 4.85. The molecule has 1 aliphatic heterocycles. The van der Waals surface area contributed by atoms with E-state index in [9.17, 15) is 8.42 Å². The smallest absolute Gasteiger partial charge is 0.243 e. The van der Waals surface area contributed by atoms with E-state index in [1.807, 2.05) is 6.92 Å². The Morgan fingerprint density at radius 1 is 1.26 bits per heavy atom. The number of halogens is 1. The standard InChI is InChI=1S/C18H25ClN4O3S/c1-3-4-8-17-20-18(26-21-17)14(2)22-9-11-23(12-10-22)27(24,25)16-7-5-6-15(19)13-16/h5-7,13-14H,3-4,8-12H2,1-2H3. The van der Waals surface area contributed by atoms with Crippen molar-refractivity contribution in [3.63, 3.8) is 0 Å². The summed E-state index contributed by atoms with van der Waals surface area (Å²) in [5, 5.41) is 4.46. The van der Waals surface area contributed by atoms with Crippen molar-refractivity contribution in [2.75, 3.05) is 26.2 Å². The van der Waals surface area contributed by atoms with Gasteiger partial charge in [0.25, 0.3) is 0 Å². The summed E-state index contributed by atoms with van der Waals surface area (Å²) in [5.41, 5.74) is 0. The summed E-state index contributed by atoms with van der Waals surface area (Å²) in [5.74, 6) is 1.33. The van der Waals surface area contributed by atoms with Crippen LogP contribution in [0.15, 0.2) is 33.7 Å². The van der Waals surface area contributed by atoms with Gasteiger partial charge in [0, 0.05) is 37.6 Å². The Morgan fingerprint density at radius 3 is 2.67 bits per heavy atom. The first-order valence-corrected chi connectivity index (χ1v) is 11.1. The van der Waals surface area contributed by atoms with Crippen LogP contribution in [0.4, 0.5) is 0 Å². The highest BCUT2D eigenvalue weighted by Gasteiger charge is 2.31. The average molecular weight is 413 g/mol. The van der Waals surface area contributed by atoms with E-state index in [1.165, 1.54) is 10.4 Å². The second kappa shape index (κ2) is 8.68. The molecule has 1 aliphatic rings. The third kappa shape index (κ3) is 4.68. The van der Waals surface area contributed by atoms with Crippen molar-refractivity contribution in [1.82, 2.24) is 19.3 Å². The SMILES string of the molecule is CCCCc1noc(C(C)N2CCN(S(=O)(=O)c3cccc(Cl)c3)CC2)n1. The van der Waals surface area contributed by atoms with Crippen LogP contribution in [-0.2, 0) is 16.4 Å². The molecule has 1 aromatic heterocycles. The van der Waals surface area contributed by atoms with Crippen LogP contribution in [0.5, 0.6) is 0 Å². The lowest BCUT2D eigenvalue weighted by molar-refractivity contribution is 0.124. The highest BCUT2D eigenvalue weighted by Crippen LogP contribution is 2.24. The number of aromatic nitrogens is 2. The van der Waals surface area contributed by atoms with Crippen LogP contribution >= 0.6 is 11.6 Å². The van der Waals surface area contributed by atoms with Crippen LogP contribution in [-0.4, -0.2) is 53.9 Å². The first-order valence-electron chi connectivity index (χ1n) is 9.24. The summed E-state index contributed by atoms with van der Waals surface area (Å²) in [6, 6.07) is 6.34. The predicted molar refractivity (Wildman–Crippen MR) is 103 cm³/mol. The van der Waals surface area contributed by atoms with Gasteiger partial charge in [0.05, 0.1) is 10.9 Å². The molecule has 0 amide bonds. The van der Waals surface area contributed by atoms with Gasteiger partial charge in [0.15, 0.2) is 5.82 Å². The van der Waals surface area contributed by atoms with Crippen LogP contribution < -0.4 is 0 Å². The molecule has 0 aliphatic carbocycles. The molecule has 2 aromatic rings. The molecule has 0 radical (unpaired) electrons. The summed E-state index contributed by atoms with van der Waals surface area (Å²) in [6.07, 6.45) is 2.94. The van der Waals surface area contributed by atoms with Crippen LogP contribution in [0.2, 0.25) is 5.02 Å². The second-order valence-electron chi connectivity index (χ2n) is 6.73. The molecule has 1 fully saturated rings. The zero-order chi connectivity index (χ0) is 19.4. The lowest BCUT2D eigenvalue weighted by Gasteiger charge is -2.36.